The first-order valence-corrected chi connectivity index (χ1v) is 9.12. The molecule has 1 amide bonds. The summed E-state index contributed by atoms with van der Waals surface area (Å²) >= 11 is 0. The van der Waals surface area contributed by atoms with E-state index < -0.39 is 0 Å². The van der Waals surface area contributed by atoms with Gasteiger partial charge in [-0.2, -0.15) is 0 Å². The molecule has 0 radical (unpaired) electrons. The number of aromatic hydroxyl groups is 1. The lowest BCUT2D eigenvalue weighted by Gasteiger charge is -2.22. The summed E-state index contributed by atoms with van der Waals surface area (Å²) in [6.45, 7) is 3.53. The second kappa shape index (κ2) is 6.89. The maximum Gasteiger partial charge on any atom is 0.228 e. The van der Waals surface area contributed by atoms with Crippen molar-refractivity contribution in [3.63, 3.8) is 0 Å². The number of hydrogen-bond acceptors (Lipinski definition) is 3. The number of nitrogens with zero attached hydrogens (tertiary/aromatic N) is 2. The quantitative estimate of drug-likeness (QED) is 0.937. The number of benzene rings is 2. The van der Waals surface area contributed by atoms with E-state index in [1.54, 1.807) is 6.07 Å². The van der Waals surface area contributed by atoms with Gasteiger partial charge in [0.15, 0.2) is 0 Å². The highest BCUT2D eigenvalue weighted by Crippen LogP contribution is 2.28. The molecule has 130 valence electrons. The number of anilines is 1. The number of fused-ring (bicyclic) bond motifs is 2. The van der Waals surface area contributed by atoms with Crippen LogP contribution in [0, 0.1) is 0 Å². The highest BCUT2D eigenvalue weighted by molar-refractivity contribution is 5.95. The van der Waals surface area contributed by atoms with Gasteiger partial charge in [-0.1, -0.05) is 24.3 Å². The predicted molar refractivity (Wildman–Crippen MR) is 99.1 cm³/mol. The molecule has 0 spiro atoms. The summed E-state index contributed by atoms with van der Waals surface area (Å²) in [5.74, 6) is 0.569. The smallest absolute Gasteiger partial charge is 0.228 e. The van der Waals surface area contributed by atoms with Gasteiger partial charge in [0.25, 0.3) is 0 Å². The minimum atomic E-state index is 0.226. The topological polar surface area (TPSA) is 43.8 Å². The number of hydrogen-bond donors (Lipinski definition) is 1. The Morgan fingerprint density at radius 2 is 1.68 bits per heavy atom. The van der Waals surface area contributed by atoms with Crippen LogP contribution < -0.4 is 4.90 Å². The van der Waals surface area contributed by atoms with Crippen molar-refractivity contribution in [3.05, 3.63) is 59.2 Å². The Bertz CT molecular complexity index is 787. The second-order valence-corrected chi connectivity index (χ2v) is 6.97. The molecule has 2 aromatic carbocycles. The van der Waals surface area contributed by atoms with Crippen LogP contribution in [-0.2, 0) is 24.1 Å². The molecule has 25 heavy (non-hydrogen) atoms. The predicted octanol–water partition coefficient (Wildman–Crippen LogP) is 2.77. The van der Waals surface area contributed by atoms with Crippen LogP contribution in [-0.4, -0.2) is 42.1 Å². The number of phenols is 1. The average Bonchev–Trinajstić information content (AvgIpc) is 2.95. The van der Waals surface area contributed by atoms with Crippen LogP contribution in [0.4, 0.5) is 5.69 Å². The van der Waals surface area contributed by atoms with Crippen LogP contribution in [0.15, 0.2) is 42.5 Å². The van der Waals surface area contributed by atoms with Crippen molar-refractivity contribution >= 4 is 11.6 Å². The van der Waals surface area contributed by atoms with E-state index in [2.05, 4.69) is 17.0 Å². The third-order valence-electron chi connectivity index (χ3n) is 5.41. The van der Waals surface area contributed by atoms with E-state index in [0.29, 0.717) is 12.2 Å². The molecule has 4 rings (SSSR count). The normalized spacial score (nSPS) is 17.0. The molecule has 0 fully saturated rings. The Balaban J connectivity index is 1.34. The molecule has 4 nitrogen and oxygen atoms in total. The van der Waals surface area contributed by atoms with E-state index in [-0.39, 0.29) is 5.91 Å². The minimum Gasteiger partial charge on any atom is -0.508 e. The van der Waals surface area contributed by atoms with Crippen molar-refractivity contribution in [1.82, 2.24) is 4.90 Å². The van der Waals surface area contributed by atoms with Crippen LogP contribution in [0.2, 0.25) is 0 Å². The van der Waals surface area contributed by atoms with Gasteiger partial charge < -0.3 is 14.9 Å². The van der Waals surface area contributed by atoms with Gasteiger partial charge in [-0.05, 0) is 54.2 Å². The first-order chi connectivity index (χ1) is 12.2. The van der Waals surface area contributed by atoms with Gasteiger partial charge >= 0.3 is 0 Å². The molecule has 2 aromatic rings. The number of rotatable bonds is 3. The first kappa shape index (κ1) is 16.2. The number of amides is 1. The lowest BCUT2D eigenvalue weighted by atomic mass is 10.0. The average molecular weight is 336 g/mol. The summed E-state index contributed by atoms with van der Waals surface area (Å²) < 4.78 is 0. The van der Waals surface area contributed by atoms with E-state index in [1.807, 2.05) is 29.2 Å². The molecule has 1 N–H and O–H groups in total. The van der Waals surface area contributed by atoms with Gasteiger partial charge in [0, 0.05) is 38.3 Å². The van der Waals surface area contributed by atoms with Crippen LogP contribution in [0.1, 0.15) is 23.1 Å². The summed E-state index contributed by atoms with van der Waals surface area (Å²) in [6, 6.07) is 13.9. The number of carbonyl (C=O) groups is 1. The van der Waals surface area contributed by atoms with Crippen molar-refractivity contribution < 1.29 is 9.90 Å². The molecule has 0 saturated heterocycles. The number of carbonyl (C=O) groups excluding carboxylic acids is 1. The van der Waals surface area contributed by atoms with Gasteiger partial charge in [-0.25, -0.2) is 0 Å². The monoisotopic (exact) mass is 336 g/mol. The SMILES string of the molecule is O=C(CCN1CCc2ccc(O)cc2CC1)N1CCc2ccccc21. The molecule has 4 heteroatoms. The van der Waals surface area contributed by atoms with Gasteiger partial charge in [0.2, 0.25) is 5.91 Å². The molecule has 2 aliphatic rings. The molecule has 0 atom stereocenters. The Morgan fingerprint density at radius 1 is 0.920 bits per heavy atom. The molecule has 0 unspecified atom stereocenters. The minimum absolute atomic E-state index is 0.226. The van der Waals surface area contributed by atoms with Crippen LogP contribution in [0.3, 0.4) is 0 Å². The van der Waals surface area contributed by atoms with Crippen LogP contribution in [0.5, 0.6) is 5.75 Å². The van der Waals surface area contributed by atoms with Crippen LogP contribution >= 0.6 is 0 Å². The molecule has 0 saturated carbocycles. The summed E-state index contributed by atoms with van der Waals surface area (Å²) in [6.07, 6.45) is 3.45. The fourth-order valence-corrected chi connectivity index (χ4v) is 3.97. The van der Waals surface area contributed by atoms with Gasteiger partial charge in [-0.3, -0.25) is 4.79 Å². The van der Waals surface area contributed by atoms with E-state index in [9.17, 15) is 9.90 Å². The highest BCUT2D eigenvalue weighted by atomic mass is 16.3. The second-order valence-electron chi connectivity index (χ2n) is 6.97. The maximum absolute atomic E-state index is 12.7. The van der Waals surface area contributed by atoms with Gasteiger partial charge in [-0.15, -0.1) is 0 Å². The van der Waals surface area contributed by atoms with Crippen LogP contribution in [0.25, 0.3) is 0 Å². The van der Waals surface area contributed by atoms with E-state index in [4.69, 9.17) is 0 Å². The molecule has 2 aliphatic heterocycles. The Labute approximate surface area is 148 Å². The maximum atomic E-state index is 12.7. The summed E-state index contributed by atoms with van der Waals surface area (Å²) in [4.78, 5) is 17.0. The highest BCUT2D eigenvalue weighted by Gasteiger charge is 2.24. The molecule has 0 aliphatic carbocycles. The van der Waals surface area contributed by atoms with Crippen molar-refractivity contribution in [2.45, 2.75) is 25.7 Å². The largest absolute Gasteiger partial charge is 0.508 e. The van der Waals surface area contributed by atoms with E-state index in [1.165, 1.54) is 16.7 Å². The lowest BCUT2D eigenvalue weighted by Crippen LogP contribution is -2.34. The Morgan fingerprint density at radius 3 is 2.56 bits per heavy atom. The Kier molecular flexibility index (Phi) is 4.45. The standard InChI is InChI=1S/C21H24N2O2/c24-19-6-5-16-7-11-22(12-8-18(16)15-19)13-10-21(25)23-14-9-17-3-1-2-4-20(17)23/h1-6,15,24H,7-14H2. The molecule has 0 aromatic heterocycles. The number of phenolic OH excluding ortho intramolecular Hbond substituents is 1. The summed E-state index contributed by atoms with van der Waals surface area (Å²) in [5, 5.41) is 9.66. The fraction of sp³-hybridized carbons (Fsp3) is 0.381. The Hall–Kier alpha value is -2.33. The third kappa shape index (κ3) is 3.40. The molecular weight excluding hydrogens is 312 g/mol. The van der Waals surface area contributed by atoms with Crippen molar-refractivity contribution in [1.29, 1.82) is 0 Å². The zero-order valence-electron chi connectivity index (χ0n) is 14.4. The van der Waals surface area contributed by atoms with Gasteiger partial charge in [0.05, 0.1) is 0 Å². The summed E-state index contributed by atoms with van der Waals surface area (Å²) in [7, 11) is 0. The van der Waals surface area contributed by atoms with Gasteiger partial charge in [0.1, 0.15) is 5.75 Å². The lowest BCUT2D eigenvalue weighted by molar-refractivity contribution is -0.118. The van der Waals surface area contributed by atoms with Crippen molar-refractivity contribution in [2.24, 2.45) is 0 Å². The molecular formula is C21H24N2O2. The van der Waals surface area contributed by atoms with Crippen molar-refractivity contribution in [2.75, 3.05) is 31.1 Å². The summed E-state index contributed by atoms with van der Waals surface area (Å²) in [5.41, 5.74) is 4.93. The first-order valence-electron chi connectivity index (χ1n) is 9.12. The zero-order valence-corrected chi connectivity index (χ0v) is 14.4. The van der Waals surface area contributed by atoms with Crippen molar-refractivity contribution in [3.8, 4) is 5.75 Å². The number of para-hydroxylation sites is 1. The zero-order chi connectivity index (χ0) is 17.2. The fourth-order valence-electron chi connectivity index (χ4n) is 3.97. The van der Waals surface area contributed by atoms with E-state index in [0.717, 1.165) is 51.1 Å². The molecule has 2 heterocycles. The van der Waals surface area contributed by atoms with E-state index >= 15 is 0 Å². The third-order valence-corrected chi connectivity index (χ3v) is 5.41. The molecule has 0 bridgehead atoms.